The lowest BCUT2D eigenvalue weighted by Gasteiger charge is -2.18. The van der Waals surface area contributed by atoms with Gasteiger partial charge < -0.3 is 10.3 Å². The van der Waals surface area contributed by atoms with E-state index in [9.17, 15) is 4.79 Å². The first kappa shape index (κ1) is 17.0. The maximum atomic E-state index is 11.9. The number of rotatable bonds is 4. The molecule has 140 valence electrons. The van der Waals surface area contributed by atoms with Crippen molar-refractivity contribution in [3.63, 3.8) is 0 Å². The first-order valence-electron chi connectivity index (χ1n) is 9.83. The molecule has 0 radical (unpaired) electrons. The zero-order valence-electron chi connectivity index (χ0n) is 15.7. The fraction of sp³-hybridized carbons (Fsp3) is 0.208. The molecule has 0 aliphatic carbocycles. The Labute approximate surface area is 163 Å². The second-order valence-corrected chi connectivity index (χ2v) is 7.66. The van der Waals surface area contributed by atoms with Gasteiger partial charge in [-0.3, -0.25) is 9.69 Å². The average Bonchev–Trinajstić information content (AvgIpc) is 3.15. The molecule has 2 N–H and O–H groups in total. The molecular weight excluding hydrogens is 346 g/mol. The van der Waals surface area contributed by atoms with E-state index in [1.54, 1.807) is 6.20 Å². The molecule has 0 unspecified atom stereocenters. The fourth-order valence-electron chi connectivity index (χ4n) is 4.21. The van der Waals surface area contributed by atoms with Crippen molar-refractivity contribution in [3.05, 3.63) is 88.8 Å². The van der Waals surface area contributed by atoms with Crippen LogP contribution < -0.4 is 10.9 Å². The summed E-state index contributed by atoms with van der Waals surface area (Å²) in [5, 5.41) is 7.95. The van der Waals surface area contributed by atoms with Gasteiger partial charge in [0, 0.05) is 42.9 Å². The number of aromatic amines is 1. The third kappa shape index (κ3) is 3.39. The van der Waals surface area contributed by atoms with Gasteiger partial charge in [0.2, 0.25) is 0 Å². The van der Waals surface area contributed by atoms with Crippen LogP contribution in [-0.2, 0) is 6.54 Å². The SMILES string of the molecule is O=c1[nH]ccc2cc(N[C@H]3CCN(Cc4ccc5ccccc5c4)C3)ccc12. The molecule has 0 bridgehead atoms. The molecule has 28 heavy (non-hydrogen) atoms. The number of nitrogens with one attached hydrogen (secondary N) is 2. The summed E-state index contributed by atoms with van der Waals surface area (Å²) in [6, 6.07) is 23.6. The molecule has 0 spiro atoms. The normalized spacial score (nSPS) is 17.4. The monoisotopic (exact) mass is 369 g/mol. The van der Waals surface area contributed by atoms with Crippen molar-refractivity contribution in [2.45, 2.75) is 19.0 Å². The van der Waals surface area contributed by atoms with E-state index in [1.165, 1.54) is 16.3 Å². The molecule has 1 aliphatic heterocycles. The maximum Gasteiger partial charge on any atom is 0.255 e. The maximum absolute atomic E-state index is 11.9. The van der Waals surface area contributed by atoms with Crippen LogP contribution in [0.25, 0.3) is 21.5 Å². The van der Waals surface area contributed by atoms with Crippen molar-refractivity contribution in [2.24, 2.45) is 0 Å². The second-order valence-electron chi connectivity index (χ2n) is 7.66. The molecule has 0 saturated carbocycles. The lowest BCUT2D eigenvalue weighted by Crippen LogP contribution is -2.26. The number of H-pyrrole nitrogens is 1. The van der Waals surface area contributed by atoms with Crippen LogP contribution in [0.15, 0.2) is 77.7 Å². The molecule has 4 nitrogen and oxygen atoms in total. The van der Waals surface area contributed by atoms with E-state index in [2.05, 4.69) is 63.7 Å². The van der Waals surface area contributed by atoms with Crippen molar-refractivity contribution < 1.29 is 0 Å². The van der Waals surface area contributed by atoms with Crippen LogP contribution in [0.1, 0.15) is 12.0 Å². The van der Waals surface area contributed by atoms with Crippen molar-refractivity contribution in [2.75, 3.05) is 18.4 Å². The molecule has 2 heterocycles. The molecule has 4 heteroatoms. The number of aromatic nitrogens is 1. The van der Waals surface area contributed by atoms with Crippen molar-refractivity contribution >= 4 is 27.2 Å². The van der Waals surface area contributed by atoms with Gasteiger partial charge in [0.15, 0.2) is 0 Å². The van der Waals surface area contributed by atoms with E-state index in [-0.39, 0.29) is 5.56 Å². The predicted octanol–water partition coefficient (Wildman–Crippen LogP) is 4.37. The van der Waals surface area contributed by atoms with Gasteiger partial charge >= 0.3 is 0 Å². The number of hydrogen-bond acceptors (Lipinski definition) is 3. The van der Waals surface area contributed by atoms with Gasteiger partial charge in [-0.15, -0.1) is 0 Å². The predicted molar refractivity (Wildman–Crippen MR) is 116 cm³/mol. The van der Waals surface area contributed by atoms with Gasteiger partial charge in [0.1, 0.15) is 0 Å². The highest BCUT2D eigenvalue weighted by Crippen LogP contribution is 2.22. The molecular formula is C24H23N3O. The van der Waals surface area contributed by atoms with Gasteiger partial charge in [0.25, 0.3) is 5.56 Å². The Morgan fingerprint density at radius 1 is 0.964 bits per heavy atom. The molecule has 1 aliphatic rings. The summed E-state index contributed by atoms with van der Waals surface area (Å²) in [7, 11) is 0. The minimum atomic E-state index is -0.0357. The zero-order valence-corrected chi connectivity index (χ0v) is 15.7. The quantitative estimate of drug-likeness (QED) is 0.562. The van der Waals surface area contributed by atoms with Gasteiger partial charge in [-0.25, -0.2) is 0 Å². The lowest BCUT2D eigenvalue weighted by atomic mass is 10.1. The van der Waals surface area contributed by atoms with Crippen molar-refractivity contribution in [1.29, 1.82) is 0 Å². The topological polar surface area (TPSA) is 48.1 Å². The summed E-state index contributed by atoms with van der Waals surface area (Å²) >= 11 is 0. The largest absolute Gasteiger partial charge is 0.381 e. The standard InChI is InChI=1S/C24H23N3O/c28-24-23-8-7-21(14-20(23)9-11-25-24)26-22-10-12-27(16-22)15-17-5-6-18-3-1-2-4-19(18)13-17/h1-9,11,13-14,22,26H,10,12,15-16H2,(H,25,28)/t22-/m0/s1. The van der Waals surface area contributed by atoms with E-state index in [0.717, 1.165) is 42.5 Å². The Morgan fingerprint density at radius 3 is 2.79 bits per heavy atom. The molecule has 1 fully saturated rings. The lowest BCUT2D eigenvalue weighted by molar-refractivity contribution is 0.329. The number of nitrogens with zero attached hydrogens (tertiary/aromatic N) is 1. The minimum absolute atomic E-state index is 0.0357. The van der Waals surface area contributed by atoms with Crippen LogP contribution in [-0.4, -0.2) is 29.0 Å². The van der Waals surface area contributed by atoms with Crippen LogP contribution in [0, 0.1) is 0 Å². The van der Waals surface area contributed by atoms with Crippen LogP contribution in [0.2, 0.25) is 0 Å². The molecule has 1 atom stereocenters. The molecule has 4 aromatic rings. The van der Waals surface area contributed by atoms with E-state index >= 15 is 0 Å². The highest BCUT2D eigenvalue weighted by Gasteiger charge is 2.22. The smallest absolute Gasteiger partial charge is 0.255 e. The summed E-state index contributed by atoms with van der Waals surface area (Å²) in [4.78, 5) is 17.1. The van der Waals surface area contributed by atoms with E-state index in [4.69, 9.17) is 0 Å². The first-order chi connectivity index (χ1) is 13.7. The third-order valence-electron chi connectivity index (χ3n) is 5.64. The number of benzene rings is 3. The number of hydrogen-bond donors (Lipinski definition) is 2. The molecule has 1 saturated heterocycles. The fourth-order valence-corrected chi connectivity index (χ4v) is 4.21. The Hall–Kier alpha value is -3.11. The van der Waals surface area contributed by atoms with Crippen LogP contribution in [0.3, 0.4) is 0 Å². The van der Waals surface area contributed by atoms with Gasteiger partial charge in [-0.2, -0.15) is 0 Å². The van der Waals surface area contributed by atoms with E-state index < -0.39 is 0 Å². The van der Waals surface area contributed by atoms with Crippen LogP contribution in [0.4, 0.5) is 5.69 Å². The van der Waals surface area contributed by atoms with E-state index in [1.807, 2.05) is 18.2 Å². The number of pyridine rings is 1. The van der Waals surface area contributed by atoms with Gasteiger partial charge in [-0.05, 0) is 58.5 Å². The highest BCUT2D eigenvalue weighted by molar-refractivity contribution is 5.85. The Balaban J connectivity index is 1.26. The summed E-state index contributed by atoms with van der Waals surface area (Å²) < 4.78 is 0. The molecule has 1 aromatic heterocycles. The van der Waals surface area contributed by atoms with Crippen molar-refractivity contribution in [1.82, 2.24) is 9.88 Å². The summed E-state index contributed by atoms with van der Waals surface area (Å²) in [5.41, 5.74) is 2.41. The van der Waals surface area contributed by atoms with Crippen molar-refractivity contribution in [3.8, 4) is 0 Å². The Morgan fingerprint density at radius 2 is 1.86 bits per heavy atom. The number of fused-ring (bicyclic) bond motifs is 2. The average molecular weight is 369 g/mol. The van der Waals surface area contributed by atoms with Crippen LogP contribution >= 0.6 is 0 Å². The Kier molecular flexibility index (Phi) is 4.34. The highest BCUT2D eigenvalue weighted by atomic mass is 16.1. The Bertz CT molecular complexity index is 1200. The molecule has 0 amide bonds. The van der Waals surface area contributed by atoms with Crippen LogP contribution in [0.5, 0.6) is 0 Å². The molecule has 3 aromatic carbocycles. The minimum Gasteiger partial charge on any atom is -0.381 e. The number of anilines is 1. The van der Waals surface area contributed by atoms with Gasteiger partial charge in [0.05, 0.1) is 0 Å². The third-order valence-corrected chi connectivity index (χ3v) is 5.64. The molecule has 5 rings (SSSR count). The zero-order chi connectivity index (χ0) is 18.9. The number of likely N-dealkylation sites (tertiary alicyclic amines) is 1. The van der Waals surface area contributed by atoms with E-state index in [0.29, 0.717) is 6.04 Å². The summed E-state index contributed by atoms with van der Waals surface area (Å²) in [6.45, 7) is 3.11. The first-order valence-corrected chi connectivity index (χ1v) is 9.83. The second kappa shape index (κ2) is 7.13. The van der Waals surface area contributed by atoms with Gasteiger partial charge in [-0.1, -0.05) is 36.4 Å². The summed E-state index contributed by atoms with van der Waals surface area (Å²) in [6.07, 6.45) is 2.83. The summed E-state index contributed by atoms with van der Waals surface area (Å²) in [5.74, 6) is 0.